The van der Waals surface area contributed by atoms with Gasteiger partial charge in [-0.25, -0.2) is 4.68 Å². The SMILES string of the molecule is CN(CCCNC(=O)c1nn(Cc2ccccc2)c(=O)c2ccccc12)Cc1ccccc1. The molecule has 1 aromatic heterocycles. The number of hydrogen-bond donors (Lipinski definition) is 1. The average molecular weight is 441 g/mol. The molecule has 33 heavy (non-hydrogen) atoms. The minimum atomic E-state index is -0.265. The Morgan fingerprint density at radius 1 is 0.879 bits per heavy atom. The molecule has 1 amide bonds. The van der Waals surface area contributed by atoms with Crippen molar-refractivity contribution in [3.63, 3.8) is 0 Å². The number of amides is 1. The zero-order valence-corrected chi connectivity index (χ0v) is 18.8. The van der Waals surface area contributed by atoms with Crippen LogP contribution in [0, 0.1) is 0 Å². The van der Waals surface area contributed by atoms with E-state index in [1.165, 1.54) is 10.2 Å². The van der Waals surface area contributed by atoms with Crippen molar-refractivity contribution in [3.8, 4) is 0 Å². The first-order chi connectivity index (χ1) is 16.1. The highest BCUT2D eigenvalue weighted by molar-refractivity contribution is 6.04. The Bertz CT molecular complexity index is 1270. The molecule has 6 heteroatoms. The van der Waals surface area contributed by atoms with Gasteiger partial charge in [-0.05, 0) is 37.2 Å². The van der Waals surface area contributed by atoms with Crippen LogP contribution in [0.25, 0.3) is 10.8 Å². The largest absolute Gasteiger partial charge is 0.351 e. The summed E-state index contributed by atoms with van der Waals surface area (Å²) in [6.07, 6.45) is 0.816. The van der Waals surface area contributed by atoms with Gasteiger partial charge in [-0.3, -0.25) is 9.59 Å². The highest BCUT2D eigenvalue weighted by Crippen LogP contribution is 2.14. The maximum absolute atomic E-state index is 13.0. The number of rotatable bonds is 9. The van der Waals surface area contributed by atoms with Crippen LogP contribution in [0.5, 0.6) is 0 Å². The Balaban J connectivity index is 1.44. The summed E-state index contributed by atoms with van der Waals surface area (Å²) in [5, 5.41) is 8.50. The Morgan fingerprint density at radius 3 is 2.18 bits per heavy atom. The molecule has 0 atom stereocenters. The molecular formula is C27H28N4O2. The van der Waals surface area contributed by atoms with E-state index in [0.717, 1.165) is 25.1 Å². The predicted octanol–water partition coefficient (Wildman–Crippen LogP) is 3.70. The summed E-state index contributed by atoms with van der Waals surface area (Å²) in [6.45, 7) is 2.57. The van der Waals surface area contributed by atoms with Gasteiger partial charge in [0.15, 0.2) is 5.69 Å². The number of hydrogen-bond acceptors (Lipinski definition) is 4. The van der Waals surface area contributed by atoms with Crippen LogP contribution in [0.4, 0.5) is 0 Å². The van der Waals surface area contributed by atoms with E-state index >= 15 is 0 Å². The molecule has 4 rings (SSSR count). The van der Waals surface area contributed by atoms with Gasteiger partial charge in [0, 0.05) is 18.5 Å². The number of aromatic nitrogens is 2. The summed E-state index contributed by atoms with van der Waals surface area (Å²) in [5.74, 6) is -0.265. The minimum Gasteiger partial charge on any atom is -0.351 e. The molecule has 0 saturated carbocycles. The summed E-state index contributed by atoms with van der Waals surface area (Å²) < 4.78 is 1.38. The molecule has 1 N–H and O–H groups in total. The molecule has 0 radical (unpaired) electrons. The highest BCUT2D eigenvalue weighted by Gasteiger charge is 2.16. The fourth-order valence-corrected chi connectivity index (χ4v) is 3.88. The van der Waals surface area contributed by atoms with Gasteiger partial charge >= 0.3 is 0 Å². The van der Waals surface area contributed by atoms with Crippen molar-refractivity contribution in [2.75, 3.05) is 20.1 Å². The number of carbonyl (C=O) groups excluding carboxylic acids is 1. The molecule has 0 unspecified atom stereocenters. The predicted molar refractivity (Wildman–Crippen MR) is 131 cm³/mol. The van der Waals surface area contributed by atoms with Gasteiger partial charge in [0.05, 0.1) is 11.9 Å². The van der Waals surface area contributed by atoms with E-state index in [1.807, 2.05) is 54.6 Å². The van der Waals surface area contributed by atoms with Crippen molar-refractivity contribution >= 4 is 16.7 Å². The maximum atomic E-state index is 13.0. The van der Waals surface area contributed by atoms with E-state index in [-0.39, 0.29) is 17.2 Å². The second-order valence-electron chi connectivity index (χ2n) is 8.18. The van der Waals surface area contributed by atoms with Crippen molar-refractivity contribution in [1.29, 1.82) is 0 Å². The van der Waals surface area contributed by atoms with Gasteiger partial charge in [-0.1, -0.05) is 78.9 Å². The molecule has 0 aliphatic heterocycles. The Morgan fingerprint density at radius 2 is 1.48 bits per heavy atom. The lowest BCUT2D eigenvalue weighted by atomic mass is 10.1. The second-order valence-corrected chi connectivity index (χ2v) is 8.18. The number of nitrogens with zero attached hydrogens (tertiary/aromatic N) is 3. The summed E-state index contributed by atoms with van der Waals surface area (Å²) >= 11 is 0. The molecule has 0 fully saturated rings. The first-order valence-corrected chi connectivity index (χ1v) is 11.2. The lowest BCUT2D eigenvalue weighted by Gasteiger charge is -2.17. The second kappa shape index (κ2) is 10.7. The van der Waals surface area contributed by atoms with Crippen LogP contribution in [0.15, 0.2) is 89.7 Å². The fourth-order valence-electron chi connectivity index (χ4n) is 3.88. The van der Waals surface area contributed by atoms with E-state index in [0.29, 0.717) is 23.9 Å². The molecule has 168 valence electrons. The van der Waals surface area contributed by atoms with Gasteiger partial charge in [-0.2, -0.15) is 5.10 Å². The zero-order chi connectivity index (χ0) is 23.0. The summed E-state index contributed by atoms with van der Waals surface area (Å²) in [6, 6.07) is 27.1. The van der Waals surface area contributed by atoms with Crippen LogP contribution in [0.2, 0.25) is 0 Å². The Kier molecular flexibility index (Phi) is 7.27. The van der Waals surface area contributed by atoms with E-state index in [1.54, 1.807) is 18.2 Å². The van der Waals surface area contributed by atoms with Crippen LogP contribution < -0.4 is 10.9 Å². The number of fused-ring (bicyclic) bond motifs is 1. The average Bonchev–Trinajstić information content (AvgIpc) is 2.85. The van der Waals surface area contributed by atoms with E-state index in [4.69, 9.17) is 0 Å². The van der Waals surface area contributed by atoms with E-state index in [2.05, 4.69) is 34.5 Å². The fraction of sp³-hybridized carbons (Fsp3) is 0.222. The summed E-state index contributed by atoms with van der Waals surface area (Å²) in [5.41, 5.74) is 2.29. The molecule has 4 aromatic rings. The van der Waals surface area contributed by atoms with Crippen LogP contribution >= 0.6 is 0 Å². The van der Waals surface area contributed by atoms with Gasteiger partial charge in [0.25, 0.3) is 11.5 Å². The van der Waals surface area contributed by atoms with Crippen LogP contribution in [-0.2, 0) is 13.1 Å². The molecular weight excluding hydrogens is 412 g/mol. The minimum absolute atomic E-state index is 0.200. The first kappa shape index (κ1) is 22.4. The van der Waals surface area contributed by atoms with Crippen molar-refractivity contribution in [3.05, 3.63) is 112 Å². The topological polar surface area (TPSA) is 67.2 Å². The molecule has 0 saturated heterocycles. The maximum Gasteiger partial charge on any atom is 0.274 e. The monoisotopic (exact) mass is 440 g/mol. The summed E-state index contributed by atoms with van der Waals surface area (Å²) in [4.78, 5) is 28.2. The highest BCUT2D eigenvalue weighted by atomic mass is 16.2. The molecule has 6 nitrogen and oxygen atoms in total. The molecule has 3 aromatic carbocycles. The molecule has 0 bridgehead atoms. The molecule has 1 heterocycles. The van der Waals surface area contributed by atoms with Crippen molar-refractivity contribution in [2.45, 2.75) is 19.5 Å². The lowest BCUT2D eigenvalue weighted by molar-refractivity contribution is 0.0946. The lowest BCUT2D eigenvalue weighted by Crippen LogP contribution is -2.32. The molecule has 0 aliphatic rings. The van der Waals surface area contributed by atoms with Crippen LogP contribution in [0.3, 0.4) is 0 Å². The number of nitrogens with one attached hydrogen (secondary N) is 1. The molecule has 0 aliphatic carbocycles. The number of carbonyl (C=O) groups is 1. The third-order valence-electron chi connectivity index (χ3n) is 5.56. The zero-order valence-electron chi connectivity index (χ0n) is 18.8. The normalized spacial score (nSPS) is 11.1. The van der Waals surface area contributed by atoms with Gasteiger partial charge in [0.2, 0.25) is 0 Å². The Hall–Kier alpha value is -3.77. The van der Waals surface area contributed by atoms with Crippen molar-refractivity contribution in [2.24, 2.45) is 0 Å². The van der Waals surface area contributed by atoms with Crippen LogP contribution in [-0.4, -0.2) is 40.7 Å². The van der Waals surface area contributed by atoms with Crippen LogP contribution in [0.1, 0.15) is 28.0 Å². The van der Waals surface area contributed by atoms with Gasteiger partial charge in [-0.15, -0.1) is 0 Å². The van der Waals surface area contributed by atoms with E-state index in [9.17, 15) is 9.59 Å². The summed E-state index contributed by atoms with van der Waals surface area (Å²) in [7, 11) is 2.07. The first-order valence-electron chi connectivity index (χ1n) is 11.2. The Labute approximate surface area is 193 Å². The van der Waals surface area contributed by atoms with Gasteiger partial charge < -0.3 is 10.2 Å². The van der Waals surface area contributed by atoms with Crippen molar-refractivity contribution < 1.29 is 4.79 Å². The standard InChI is InChI=1S/C27H28N4O2/c1-30(19-21-11-4-2-5-12-21)18-10-17-28-26(32)25-23-15-8-9-16-24(23)27(33)31(29-25)20-22-13-6-3-7-14-22/h2-9,11-16H,10,17-20H2,1H3,(H,28,32). The van der Waals surface area contributed by atoms with Gasteiger partial charge in [0.1, 0.15) is 0 Å². The smallest absolute Gasteiger partial charge is 0.274 e. The number of benzene rings is 3. The third kappa shape index (κ3) is 5.73. The quantitative estimate of drug-likeness (QED) is 0.403. The third-order valence-corrected chi connectivity index (χ3v) is 5.56. The van der Waals surface area contributed by atoms with E-state index < -0.39 is 0 Å². The molecule has 0 spiro atoms. The van der Waals surface area contributed by atoms with Crippen molar-refractivity contribution in [1.82, 2.24) is 20.0 Å².